The highest BCUT2D eigenvalue weighted by atomic mass is 15.3. The first-order valence-electron chi connectivity index (χ1n) is 8.79. The van der Waals surface area contributed by atoms with E-state index in [-0.39, 0.29) is 5.54 Å². The maximum Gasteiger partial charge on any atom is 0.0535 e. The van der Waals surface area contributed by atoms with Gasteiger partial charge in [0.2, 0.25) is 0 Å². The van der Waals surface area contributed by atoms with E-state index in [0.29, 0.717) is 0 Å². The Bertz CT molecular complexity index is 478. The molecule has 0 spiro atoms. The second-order valence-corrected chi connectivity index (χ2v) is 7.71. The van der Waals surface area contributed by atoms with Crippen LogP contribution in [0.25, 0.3) is 0 Å². The summed E-state index contributed by atoms with van der Waals surface area (Å²) in [6.45, 7) is 6.07. The van der Waals surface area contributed by atoms with E-state index in [4.69, 9.17) is 0 Å². The summed E-state index contributed by atoms with van der Waals surface area (Å²) >= 11 is 0. The summed E-state index contributed by atoms with van der Waals surface area (Å²) in [6, 6.07) is 11.8. The molecule has 0 bridgehead atoms. The van der Waals surface area contributed by atoms with Crippen molar-refractivity contribution in [3.63, 3.8) is 0 Å². The molecule has 114 valence electrons. The molecule has 3 fully saturated rings. The van der Waals surface area contributed by atoms with E-state index >= 15 is 0 Å². The lowest BCUT2D eigenvalue weighted by Crippen LogP contribution is -2.62. The van der Waals surface area contributed by atoms with E-state index in [0.717, 1.165) is 17.9 Å². The molecule has 2 saturated carbocycles. The number of hydrogen-bond donors (Lipinski definition) is 1. The van der Waals surface area contributed by atoms with Crippen molar-refractivity contribution >= 4 is 0 Å². The Labute approximate surface area is 128 Å². The molecular formula is C19H28N2. The summed E-state index contributed by atoms with van der Waals surface area (Å²) in [5.74, 6) is 1.95. The lowest BCUT2D eigenvalue weighted by Gasteiger charge is -2.48. The van der Waals surface area contributed by atoms with Gasteiger partial charge < -0.3 is 5.32 Å². The van der Waals surface area contributed by atoms with Crippen LogP contribution < -0.4 is 5.32 Å². The van der Waals surface area contributed by atoms with Crippen LogP contribution in [-0.2, 0) is 5.54 Å². The van der Waals surface area contributed by atoms with Gasteiger partial charge in [0.05, 0.1) is 5.54 Å². The fraction of sp³-hybridized carbons (Fsp3) is 0.684. The Kier molecular flexibility index (Phi) is 3.55. The van der Waals surface area contributed by atoms with E-state index in [9.17, 15) is 0 Å². The van der Waals surface area contributed by atoms with Crippen molar-refractivity contribution in [3.05, 3.63) is 35.9 Å². The van der Waals surface area contributed by atoms with Crippen molar-refractivity contribution in [2.24, 2.45) is 11.8 Å². The summed E-state index contributed by atoms with van der Waals surface area (Å²) < 4.78 is 0. The van der Waals surface area contributed by atoms with Gasteiger partial charge in [-0.1, -0.05) is 36.8 Å². The largest absolute Gasteiger partial charge is 0.305 e. The molecule has 4 rings (SSSR count). The van der Waals surface area contributed by atoms with Gasteiger partial charge >= 0.3 is 0 Å². The van der Waals surface area contributed by atoms with Crippen molar-refractivity contribution < 1.29 is 0 Å². The van der Waals surface area contributed by atoms with Crippen LogP contribution >= 0.6 is 0 Å². The topological polar surface area (TPSA) is 15.3 Å². The maximum atomic E-state index is 3.88. The number of piperazine rings is 1. The zero-order chi connectivity index (χ0) is 14.3. The van der Waals surface area contributed by atoms with Crippen LogP contribution in [0, 0.1) is 11.8 Å². The van der Waals surface area contributed by atoms with Crippen LogP contribution in [0.2, 0.25) is 0 Å². The molecule has 3 aliphatic rings. The highest BCUT2D eigenvalue weighted by Crippen LogP contribution is 2.40. The standard InChI is InChI=1S/C19H28N2/c1-19(17-8-3-2-4-9-17)14-21(13-15-6-5-7-15)18(12-20-19)16-10-11-16/h2-4,8-9,15-16,18,20H,5-7,10-14H2,1H3. The van der Waals surface area contributed by atoms with Crippen LogP contribution in [0.4, 0.5) is 0 Å². The molecule has 1 aromatic rings. The molecule has 1 N–H and O–H groups in total. The number of hydrogen-bond acceptors (Lipinski definition) is 2. The lowest BCUT2D eigenvalue weighted by atomic mass is 9.82. The van der Waals surface area contributed by atoms with Crippen LogP contribution in [0.5, 0.6) is 0 Å². The van der Waals surface area contributed by atoms with E-state index in [1.54, 1.807) is 0 Å². The molecule has 2 nitrogen and oxygen atoms in total. The first-order valence-corrected chi connectivity index (χ1v) is 8.79. The van der Waals surface area contributed by atoms with Crippen molar-refractivity contribution in [1.29, 1.82) is 0 Å². The average Bonchev–Trinajstić information content (AvgIpc) is 3.29. The van der Waals surface area contributed by atoms with Gasteiger partial charge in [-0.2, -0.15) is 0 Å². The fourth-order valence-electron chi connectivity index (χ4n) is 4.19. The van der Waals surface area contributed by atoms with Crippen LogP contribution in [0.1, 0.15) is 44.6 Å². The highest BCUT2D eigenvalue weighted by molar-refractivity contribution is 5.25. The summed E-state index contributed by atoms with van der Waals surface area (Å²) in [5.41, 5.74) is 1.56. The Morgan fingerprint density at radius 1 is 1.14 bits per heavy atom. The minimum absolute atomic E-state index is 0.121. The molecule has 0 amide bonds. The van der Waals surface area contributed by atoms with Crippen molar-refractivity contribution in [2.45, 2.75) is 50.6 Å². The average molecular weight is 284 g/mol. The molecule has 0 aromatic heterocycles. The molecule has 2 unspecified atom stereocenters. The Morgan fingerprint density at radius 3 is 2.52 bits per heavy atom. The third kappa shape index (κ3) is 2.76. The highest BCUT2D eigenvalue weighted by Gasteiger charge is 2.43. The van der Waals surface area contributed by atoms with Crippen LogP contribution in [0.3, 0.4) is 0 Å². The van der Waals surface area contributed by atoms with Gasteiger partial charge in [0.1, 0.15) is 0 Å². The minimum Gasteiger partial charge on any atom is -0.305 e. The number of benzene rings is 1. The quantitative estimate of drug-likeness (QED) is 0.912. The normalized spacial score (nSPS) is 34.6. The lowest BCUT2D eigenvalue weighted by molar-refractivity contribution is 0.0461. The van der Waals surface area contributed by atoms with Crippen molar-refractivity contribution in [3.8, 4) is 0 Å². The smallest absolute Gasteiger partial charge is 0.0535 e. The predicted molar refractivity (Wildman–Crippen MR) is 87.2 cm³/mol. The van der Waals surface area contributed by atoms with Crippen molar-refractivity contribution in [2.75, 3.05) is 19.6 Å². The molecule has 2 heteroatoms. The molecule has 1 aliphatic heterocycles. The zero-order valence-electron chi connectivity index (χ0n) is 13.2. The third-order valence-corrected chi connectivity index (χ3v) is 5.98. The minimum atomic E-state index is 0.121. The molecular weight excluding hydrogens is 256 g/mol. The van der Waals surface area contributed by atoms with E-state index in [1.807, 2.05) is 0 Å². The molecule has 2 atom stereocenters. The van der Waals surface area contributed by atoms with E-state index in [1.165, 1.54) is 57.3 Å². The van der Waals surface area contributed by atoms with Gasteiger partial charge in [-0.25, -0.2) is 0 Å². The number of rotatable bonds is 4. The predicted octanol–water partition coefficient (Wildman–Crippen LogP) is 3.39. The summed E-state index contributed by atoms with van der Waals surface area (Å²) in [7, 11) is 0. The Morgan fingerprint density at radius 2 is 1.90 bits per heavy atom. The number of nitrogens with one attached hydrogen (secondary N) is 1. The molecule has 21 heavy (non-hydrogen) atoms. The summed E-state index contributed by atoms with van der Waals surface area (Å²) in [4.78, 5) is 2.84. The monoisotopic (exact) mass is 284 g/mol. The van der Waals surface area contributed by atoms with Gasteiger partial charge in [-0.3, -0.25) is 4.90 Å². The Hall–Kier alpha value is -0.860. The molecule has 0 radical (unpaired) electrons. The fourth-order valence-corrected chi connectivity index (χ4v) is 4.19. The molecule has 1 aromatic carbocycles. The van der Waals surface area contributed by atoms with E-state index in [2.05, 4.69) is 47.5 Å². The molecule has 2 aliphatic carbocycles. The van der Waals surface area contributed by atoms with Gasteiger partial charge in [-0.05, 0) is 50.0 Å². The second-order valence-electron chi connectivity index (χ2n) is 7.71. The van der Waals surface area contributed by atoms with Crippen LogP contribution in [-0.4, -0.2) is 30.6 Å². The SMILES string of the molecule is CC1(c2ccccc2)CN(CC2CCC2)C(C2CC2)CN1. The van der Waals surface area contributed by atoms with Gasteiger partial charge in [0.15, 0.2) is 0 Å². The van der Waals surface area contributed by atoms with Crippen molar-refractivity contribution in [1.82, 2.24) is 10.2 Å². The Balaban J connectivity index is 1.52. The second kappa shape index (κ2) is 5.40. The maximum absolute atomic E-state index is 3.88. The zero-order valence-corrected chi connectivity index (χ0v) is 13.2. The summed E-state index contributed by atoms with van der Waals surface area (Å²) in [5, 5.41) is 3.88. The molecule has 1 heterocycles. The van der Waals surface area contributed by atoms with Gasteiger partial charge in [-0.15, -0.1) is 0 Å². The molecule has 1 saturated heterocycles. The first kappa shape index (κ1) is 13.8. The van der Waals surface area contributed by atoms with Gasteiger partial charge in [0.25, 0.3) is 0 Å². The van der Waals surface area contributed by atoms with Gasteiger partial charge in [0, 0.05) is 25.7 Å². The number of nitrogens with zero attached hydrogens (tertiary/aromatic N) is 1. The van der Waals surface area contributed by atoms with Crippen LogP contribution in [0.15, 0.2) is 30.3 Å². The summed E-state index contributed by atoms with van der Waals surface area (Å²) in [6.07, 6.45) is 7.29. The van der Waals surface area contributed by atoms with E-state index < -0.39 is 0 Å². The first-order chi connectivity index (χ1) is 10.2. The third-order valence-electron chi connectivity index (χ3n) is 5.98.